The van der Waals surface area contributed by atoms with Gasteiger partial charge in [-0.05, 0) is 35.6 Å². The summed E-state index contributed by atoms with van der Waals surface area (Å²) in [5, 5.41) is 5.68. The maximum atomic E-state index is 13.6. The molecular formula is C19H24FN3O2. The molecule has 0 aromatic heterocycles. The molecule has 0 unspecified atom stereocenters. The Hall–Kier alpha value is -2.55. The third-order valence-corrected chi connectivity index (χ3v) is 4.41. The first-order valence-electron chi connectivity index (χ1n) is 8.38. The van der Waals surface area contributed by atoms with E-state index in [0.717, 1.165) is 5.56 Å². The zero-order chi connectivity index (χ0) is 18.6. The summed E-state index contributed by atoms with van der Waals surface area (Å²) in [5.41, 5.74) is 1.53. The zero-order valence-electron chi connectivity index (χ0n) is 14.8. The van der Waals surface area contributed by atoms with E-state index in [4.69, 9.17) is 6.42 Å². The Morgan fingerprint density at radius 3 is 2.72 bits per heavy atom. The van der Waals surface area contributed by atoms with Crippen LogP contribution >= 0.6 is 0 Å². The van der Waals surface area contributed by atoms with Crippen LogP contribution in [0.4, 0.5) is 9.18 Å². The van der Waals surface area contributed by atoms with E-state index in [-0.39, 0.29) is 35.8 Å². The first kappa shape index (κ1) is 18.8. The van der Waals surface area contributed by atoms with Crippen LogP contribution < -0.4 is 10.6 Å². The molecule has 1 heterocycles. The number of halogens is 1. The quantitative estimate of drug-likeness (QED) is 0.827. The number of rotatable bonds is 3. The molecule has 1 aliphatic heterocycles. The van der Waals surface area contributed by atoms with Crippen LogP contribution in [0.5, 0.6) is 0 Å². The number of hydrogen-bond donors (Lipinski definition) is 2. The first-order valence-corrected chi connectivity index (χ1v) is 8.38. The van der Waals surface area contributed by atoms with E-state index in [9.17, 15) is 14.0 Å². The maximum Gasteiger partial charge on any atom is 0.316 e. The van der Waals surface area contributed by atoms with Crippen molar-refractivity contribution in [3.63, 3.8) is 0 Å². The van der Waals surface area contributed by atoms with E-state index in [0.29, 0.717) is 25.1 Å². The van der Waals surface area contributed by atoms with Crippen LogP contribution in [0.2, 0.25) is 0 Å². The molecule has 0 bridgehead atoms. The standard InChI is InChI=1S/C19H24FN3O2/c1-5-17(12(2)3)21-19(25)22-18-8-9-23(13(4)24)11-14-10-15(20)6-7-16(14)18/h1,6-7,10,12,17-18H,8-9,11H2,2-4H3,(H2,21,22,25)/t17-,18+/m0/s1. The summed E-state index contributed by atoms with van der Waals surface area (Å²) >= 11 is 0. The molecule has 5 nitrogen and oxygen atoms in total. The summed E-state index contributed by atoms with van der Waals surface area (Å²) in [7, 11) is 0. The number of nitrogens with zero attached hydrogens (tertiary/aromatic N) is 1. The van der Waals surface area contributed by atoms with E-state index in [2.05, 4.69) is 16.6 Å². The average Bonchev–Trinajstić information content (AvgIpc) is 2.71. The van der Waals surface area contributed by atoms with E-state index in [1.807, 2.05) is 13.8 Å². The van der Waals surface area contributed by atoms with E-state index >= 15 is 0 Å². The molecule has 1 aliphatic rings. The summed E-state index contributed by atoms with van der Waals surface area (Å²) in [6.07, 6.45) is 6.00. The highest BCUT2D eigenvalue weighted by molar-refractivity contribution is 5.76. The highest BCUT2D eigenvalue weighted by Crippen LogP contribution is 2.27. The van der Waals surface area contributed by atoms with Gasteiger partial charge in [-0.1, -0.05) is 25.8 Å². The predicted octanol–water partition coefficient (Wildman–Crippen LogP) is 2.58. The molecule has 0 spiro atoms. The van der Waals surface area contributed by atoms with Crippen molar-refractivity contribution in [1.29, 1.82) is 0 Å². The van der Waals surface area contributed by atoms with Gasteiger partial charge in [0.2, 0.25) is 5.91 Å². The molecule has 0 radical (unpaired) electrons. The van der Waals surface area contributed by atoms with Gasteiger partial charge in [0.25, 0.3) is 0 Å². The monoisotopic (exact) mass is 345 g/mol. The van der Waals surface area contributed by atoms with Crippen LogP contribution in [0.3, 0.4) is 0 Å². The van der Waals surface area contributed by atoms with Crippen molar-refractivity contribution in [2.24, 2.45) is 5.92 Å². The molecule has 1 aromatic carbocycles. The van der Waals surface area contributed by atoms with Crippen LogP contribution in [0.25, 0.3) is 0 Å². The highest BCUT2D eigenvalue weighted by atomic mass is 19.1. The van der Waals surface area contributed by atoms with Crippen molar-refractivity contribution >= 4 is 11.9 Å². The molecule has 2 rings (SSSR count). The predicted molar refractivity (Wildman–Crippen MR) is 94.0 cm³/mol. The minimum absolute atomic E-state index is 0.0764. The fraction of sp³-hybridized carbons (Fsp3) is 0.474. The normalized spacial score (nSPS) is 17.9. The number of benzene rings is 1. The zero-order valence-corrected chi connectivity index (χ0v) is 14.8. The number of urea groups is 1. The van der Waals surface area contributed by atoms with Crippen molar-refractivity contribution < 1.29 is 14.0 Å². The third kappa shape index (κ3) is 4.72. The molecule has 2 N–H and O–H groups in total. The van der Waals surface area contributed by atoms with Gasteiger partial charge < -0.3 is 15.5 Å². The van der Waals surface area contributed by atoms with Crippen LogP contribution in [-0.2, 0) is 11.3 Å². The number of fused-ring (bicyclic) bond motifs is 1. The summed E-state index contributed by atoms with van der Waals surface area (Å²) in [6, 6.07) is 3.40. The van der Waals surface area contributed by atoms with E-state index < -0.39 is 0 Å². The second-order valence-electron chi connectivity index (χ2n) is 6.63. The lowest BCUT2D eigenvalue weighted by Crippen LogP contribution is -2.45. The lowest BCUT2D eigenvalue weighted by Gasteiger charge is -2.22. The van der Waals surface area contributed by atoms with Gasteiger partial charge in [-0.15, -0.1) is 6.42 Å². The maximum absolute atomic E-state index is 13.6. The number of carbonyl (C=O) groups is 2. The van der Waals surface area contributed by atoms with Gasteiger partial charge in [0, 0.05) is 20.0 Å². The van der Waals surface area contributed by atoms with Crippen LogP contribution in [0, 0.1) is 24.1 Å². The van der Waals surface area contributed by atoms with Gasteiger partial charge in [0.15, 0.2) is 0 Å². The Kier molecular flexibility index (Phi) is 6.02. The Labute approximate surface area is 148 Å². The Bertz CT molecular complexity index is 696. The average molecular weight is 345 g/mol. The van der Waals surface area contributed by atoms with E-state index in [1.54, 1.807) is 11.0 Å². The second-order valence-corrected chi connectivity index (χ2v) is 6.63. The van der Waals surface area contributed by atoms with Crippen LogP contribution in [-0.4, -0.2) is 29.4 Å². The van der Waals surface area contributed by atoms with Gasteiger partial charge in [-0.3, -0.25) is 4.79 Å². The van der Waals surface area contributed by atoms with Crippen molar-refractivity contribution in [2.45, 2.75) is 45.8 Å². The number of hydrogen-bond acceptors (Lipinski definition) is 2. The minimum atomic E-state index is -0.368. The summed E-state index contributed by atoms with van der Waals surface area (Å²) in [5.74, 6) is 2.23. The van der Waals surface area contributed by atoms with E-state index in [1.165, 1.54) is 19.1 Å². The molecule has 2 atom stereocenters. The van der Waals surface area contributed by atoms with Crippen molar-refractivity contribution in [3.05, 3.63) is 35.1 Å². The Balaban J connectivity index is 2.20. The summed E-state index contributed by atoms with van der Waals surface area (Å²) in [6.45, 7) is 6.17. The summed E-state index contributed by atoms with van der Waals surface area (Å²) < 4.78 is 13.6. The Morgan fingerprint density at radius 1 is 1.40 bits per heavy atom. The second kappa shape index (κ2) is 8.02. The van der Waals surface area contributed by atoms with Gasteiger partial charge >= 0.3 is 6.03 Å². The lowest BCUT2D eigenvalue weighted by molar-refractivity contribution is -0.129. The van der Waals surface area contributed by atoms with Crippen molar-refractivity contribution in [3.8, 4) is 12.3 Å². The van der Waals surface area contributed by atoms with Crippen molar-refractivity contribution in [1.82, 2.24) is 15.5 Å². The number of terminal acetylenes is 1. The van der Waals surface area contributed by atoms with Crippen LogP contribution in [0.15, 0.2) is 18.2 Å². The molecular weight excluding hydrogens is 321 g/mol. The molecule has 6 heteroatoms. The topological polar surface area (TPSA) is 61.4 Å². The number of carbonyl (C=O) groups excluding carboxylic acids is 2. The number of amides is 3. The molecule has 0 saturated heterocycles. The fourth-order valence-electron chi connectivity index (χ4n) is 2.94. The smallest absolute Gasteiger partial charge is 0.316 e. The minimum Gasteiger partial charge on any atom is -0.339 e. The molecule has 1 aromatic rings. The largest absolute Gasteiger partial charge is 0.339 e. The van der Waals surface area contributed by atoms with Gasteiger partial charge in [0.05, 0.1) is 12.1 Å². The van der Waals surface area contributed by atoms with Gasteiger partial charge in [0.1, 0.15) is 5.82 Å². The Morgan fingerprint density at radius 2 is 2.12 bits per heavy atom. The highest BCUT2D eigenvalue weighted by Gasteiger charge is 2.26. The summed E-state index contributed by atoms with van der Waals surface area (Å²) in [4.78, 5) is 25.7. The van der Waals surface area contributed by atoms with Crippen LogP contribution in [0.1, 0.15) is 44.4 Å². The van der Waals surface area contributed by atoms with Crippen molar-refractivity contribution in [2.75, 3.05) is 6.54 Å². The SMILES string of the molecule is C#C[C@H](NC(=O)N[C@@H]1CCN(C(C)=O)Cc2cc(F)ccc21)C(C)C. The first-order chi connectivity index (χ1) is 11.8. The fourth-order valence-corrected chi connectivity index (χ4v) is 2.94. The third-order valence-electron chi connectivity index (χ3n) is 4.41. The molecule has 0 fully saturated rings. The molecule has 134 valence electrons. The molecule has 0 saturated carbocycles. The lowest BCUT2D eigenvalue weighted by atomic mass is 9.99. The molecule has 25 heavy (non-hydrogen) atoms. The molecule has 3 amide bonds. The number of nitrogens with one attached hydrogen (secondary N) is 2. The van der Waals surface area contributed by atoms with Gasteiger partial charge in [-0.25, -0.2) is 9.18 Å². The molecule has 0 aliphatic carbocycles. The van der Waals surface area contributed by atoms with Gasteiger partial charge in [-0.2, -0.15) is 0 Å².